The van der Waals surface area contributed by atoms with Crippen molar-refractivity contribution in [3.63, 3.8) is 0 Å². The molecule has 0 bridgehead atoms. The summed E-state index contributed by atoms with van der Waals surface area (Å²) in [6.45, 7) is 0. The molecule has 0 heterocycles. The van der Waals surface area contributed by atoms with E-state index in [1.54, 1.807) is 24.3 Å². The van der Waals surface area contributed by atoms with E-state index in [1.807, 2.05) is 0 Å². The van der Waals surface area contributed by atoms with Crippen molar-refractivity contribution >= 4 is 45.2 Å². The van der Waals surface area contributed by atoms with E-state index in [9.17, 15) is 17.9 Å². The number of hydrogen-bond donors (Lipinski definition) is 0. The molecular formula is C15H9Cl2FNNaO3S. The van der Waals surface area contributed by atoms with Gasteiger partial charge in [0.25, 0.3) is 10.0 Å². The van der Waals surface area contributed by atoms with Crippen LogP contribution >= 0.6 is 23.2 Å². The fraction of sp³-hybridized carbons (Fsp3) is 0. The van der Waals surface area contributed by atoms with Crippen LogP contribution in [0.2, 0.25) is 10.0 Å². The predicted octanol–water partition coefficient (Wildman–Crippen LogP) is 0.244. The first kappa shape index (κ1) is 21.2. The Kier molecular flexibility index (Phi) is 7.92. The Morgan fingerprint density at radius 3 is 2.50 bits per heavy atom. The molecule has 0 spiro atoms. The first-order valence-electron chi connectivity index (χ1n) is 6.18. The minimum atomic E-state index is -4.17. The molecule has 4 nitrogen and oxygen atoms in total. The third-order valence-corrected chi connectivity index (χ3v) is 4.10. The van der Waals surface area contributed by atoms with Crippen LogP contribution in [0.15, 0.2) is 52.3 Å². The molecule has 120 valence electrons. The normalized spacial score (nSPS) is 12.2. The van der Waals surface area contributed by atoms with Crippen molar-refractivity contribution in [2.75, 3.05) is 0 Å². The van der Waals surface area contributed by atoms with Gasteiger partial charge < -0.3 is 5.11 Å². The zero-order valence-corrected chi connectivity index (χ0v) is 16.7. The molecule has 24 heavy (non-hydrogen) atoms. The van der Waals surface area contributed by atoms with Crippen molar-refractivity contribution in [1.29, 1.82) is 0 Å². The standard InChI is InChI=1S/C15H10Cl2FNO3S.Na/c16-11-3-1-2-10(8-11)6-7-23(21,22)19-15(20)13-5-4-12(18)9-14(13)17;/h1-9H,(H,19,20);/q;+1/p-1/b7-6+;. The van der Waals surface area contributed by atoms with E-state index in [-0.39, 0.29) is 40.1 Å². The smallest absolute Gasteiger partial charge is 0.858 e. The fourth-order valence-electron chi connectivity index (χ4n) is 1.63. The van der Waals surface area contributed by atoms with E-state index in [0.717, 1.165) is 23.6 Å². The quantitative estimate of drug-likeness (QED) is 0.423. The van der Waals surface area contributed by atoms with Gasteiger partial charge in [-0.05, 0) is 42.0 Å². The molecule has 0 N–H and O–H groups in total. The Morgan fingerprint density at radius 1 is 1.17 bits per heavy atom. The van der Waals surface area contributed by atoms with E-state index in [0.29, 0.717) is 10.6 Å². The molecule has 0 aliphatic rings. The van der Waals surface area contributed by atoms with Crippen LogP contribution in [0.1, 0.15) is 11.1 Å². The SMILES string of the molecule is O=S(=O)(/C=C/c1cccc(Cl)c1)/N=C(\[O-])c1ccc(F)cc1Cl.[Na+]. The summed E-state index contributed by atoms with van der Waals surface area (Å²) in [5.41, 5.74) is 0.330. The number of halogens is 3. The second-order valence-electron chi connectivity index (χ2n) is 4.39. The maximum atomic E-state index is 12.9. The molecule has 2 aromatic carbocycles. The van der Waals surface area contributed by atoms with Crippen LogP contribution in [0.4, 0.5) is 4.39 Å². The van der Waals surface area contributed by atoms with Gasteiger partial charge in [0.2, 0.25) is 0 Å². The summed E-state index contributed by atoms with van der Waals surface area (Å²) in [5.74, 6) is -1.72. The number of nitrogens with zero attached hydrogens (tertiary/aromatic N) is 1. The van der Waals surface area contributed by atoms with Crippen molar-refractivity contribution in [3.05, 3.63) is 74.9 Å². The second-order valence-corrected chi connectivity index (χ2v) is 6.72. The van der Waals surface area contributed by atoms with Gasteiger partial charge >= 0.3 is 29.6 Å². The molecule has 0 radical (unpaired) electrons. The van der Waals surface area contributed by atoms with Crippen LogP contribution in [0.5, 0.6) is 0 Å². The Morgan fingerprint density at radius 2 is 1.88 bits per heavy atom. The minimum Gasteiger partial charge on any atom is -0.858 e. The van der Waals surface area contributed by atoms with Crippen molar-refractivity contribution in [3.8, 4) is 0 Å². The third kappa shape index (κ3) is 6.20. The molecule has 0 unspecified atom stereocenters. The molecule has 0 amide bonds. The van der Waals surface area contributed by atoms with Crippen molar-refractivity contribution in [1.82, 2.24) is 0 Å². The van der Waals surface area contributed by atoms with Crippen molar-refractivity contribution in [2.24, 2.45) is 4.40 Å². The van der Waals surface area contributed by atoms with Gasteiger partial charge in [-0.1, -0.05) is 35.3 Å². The molecule has 0 saturated heterocycles. The summed E-state index contributed by atoms with van der Waals surface area (Å²) < 4.78 is 39.7. The van der Waals surface area contributed by atoms with Crippen molar-refractivity contribution < 1.29 is 47.5 Å². The molecule has 0 aromatic heterocycles. The Hall–Kier alpha value is -0.890. The third-order valence-electron chi connectivity index (χ3n) is 2.65. The van der Waals surface area contributed by atoms with Gasteiger partial charge in [0.05, 0.1) is 10.4 Å². The molecule has 0 aliphatic carbocycles. The largest absolute Gasteiger partial charge is 1.00 e. The van der Waals surface area contributed by atoms with E-state index in [1.165, 1.54) is 6.08 Å². The maximum absolute atomic E-state index is 12.9. The average Bonchev–Trinajstić information content (AvgIpc) is 2.44. The molecule has 2 rings (SSSR count). The number of benzene rings is 2. The molecule has 9 heteroatoms. The van der Waals surface area contributed by atoms with Gasteiger partial charge in [-0.3, -0.25) is 0 Å². The van der Waals surface area contributed by atoms with Gasteiger partial charge in [0.15, 0.2) is 0 Å². The van der Waals surface area contributed by atoms with Crippen LogP contribution in [-0.2, 0) is 10.0 Å². The molecule has 0 atom stereocenters. The summed E-state index contributed by atoms with van der Waals surface area (Å²) in [6.07, 6.45) is 1.25. The Labute approximate surface area is 171 Å². The zero-order valence-electron chi connectivity index (χ0n) is 12.4. The number of hydrogen-bond acceptors (Lipinski definition) is 3. The fourth-order valence-corrected chi connectivity index (χ4v) is 2.80. The number of sulfonamides is 1. The minimum absolute atomic E-state index is 0. The van der Waals surface area contributed by atoms with Crippen LogP contribution in [0, 0.1) is 5.82 Å². The zero-order chi connectivity index (χ0) is 17.0. The summed E-state index contributed by atoms with van der Waals surface area (Å²) in [4.78, 5) is 0. The summed E-state index contributed by atoms with van der Waals surface area (Å²) in [5, 5.41) is 12.8. The molecule has 0 fully saturated rings. The van der Waals surface area contributed by atoms with Crippen LogP contribution < -0.4 is 34.7 Å². The van der Waals surface area contributed by atoms with Gasteiger partial charge in [-0.25, -0.2) is 4.39 Å². The van der Waals surface area contributed by atoms with E-state index >= 15 is 0 Å². The summed E-state index contributed by atoms with van der Waals surface area (Å²) in [6, 6.07) is 9.43. The van der Waals surface area contributed by atoms with E-state index < -0.39 is 21.7 Å². The monoisotopic (exact) mass is 395 g/mol. The van der Waals surface area contributed by atoms with E-state index in [2.05, 4.69) is 4.40 Å². The molecule has 2 aromatic rings. The van der Waals surface area contributed by atoms with Crippen LogP contribution in [0.25, 0.3) is 6.08 Å². The summed E-state index contributed by atoms with van der Waals surface area (Å²) in [7, 11) is -4.17. The van der Waals surface area contributed by atoms with E-state index in [4.69, 9.17) is 23.2 Å². The molecule has 0 aliphatic heterocycles. The molecular weight excluding hydrogens is 387 g/mol. The first-order valence-corrected chi connectivity index (χ1v) is 8.44. The number of rotatable bonds is 4. The predicted molar refractivity (Wildman–Crippen MR) is 87.4 cm³/mol. The average molecular weight is 396 g/mol. The Bertz CT molecular complexity index is 901. The van der Waals surface area contributed by atoms with Gasteiger partial charge in [-0.2, -0.15) is 12.8 Å². The summed E-state index contributed by atoms with van der Waals surface area (Å²) >= 11 is 11.5. The molecule has 0 saturated carbocycles. The maximum Gasteiger partial charge on any atom is 1.00 e. The van der Waals surface area contributed by atoms with Gasteiger partial charge in [0, 0.05) is 16.5 Å². The van der Waals surface area contributed by atoms with Crippen LogP contribution in [0.3, 0.4) is 0 Å². The second kappa shape index (κ2) is 8.99. The topological polar surface area (TPSA) is 69.6 Å². The van der Waals surface area contributed by atoms with Gasteiger partial charge in [0.1, 0.15) is 5.82 Å². The van der Waals surface area contributed by atoms with Gasteiger partial charge in [-0.15, -0.1) is 0 Å². The Balaban J connectivity index is 0.00000288. The van der Waals surface area contributed by atoms with Crippen molar-refractivity contribution in [2.45, 2.75) is 0 Å². The first-order chi connectivity index (χ1) is 10.8. The van der Waals surface area contributed by atoms with Crippen LogP contribution in [-0.4, -0.2) is 14.3 Å².